The van der Waals surface area contributed by atoms with Crippen LogP contribution in [0, 0.1) is 0 Å². The Bertz CT molecular complexity index is 10700. The summed E-state index contributed by atoms with van der Waals surface area (Å²) in [6, 6.07) is 165. The second-order valence-electron chi connectivity index (χ2n) is 40.4. The monoisotopic (exact) mass is 1890 g/mol. The first kappa shape index (κ1) is 84.1. The fourth-order valence-electron chi connectivity index (χ4n) is 25.2. The largest absolute Gasteiger partial charge is 0.309 e. The molecule has 9 nitrogen and oxygen atoms in total. The Morgan fingerprint density at radius 1 is 0.218 bits per heavy atom. The molecule has 0 atom stereocenters. The fourth-order valence-corrected chi connectivity index (χ4v) is 26.5. The minimum atomic E-state index is -0.269. The number of benzene rings is 21. The number of para-hydroxylation sites is 1. The first-order valence-corrected chi connectivity index (χ1v) is 51.4. The molecular formula is C137H89N9S. The van der Waals surface area contributed by atoms with Crippen LogP contribution in [0.4, 0.5) is 0 Å². The molecule has 2 aliphatic carbocycles. The zero-order chi connectivity index (χ0) is 97.2. The molecule has 0 spiro atoms. The van der Waals surface area contributed by atoms with Crippen molar-refractivity contribution in [3.8, 4) is 90.6 Å². The molecule has 30 aromatic rings. The molecule has 2 aliphatic rings. The van der Waals surface area contributed by atoms with Gasteiger partial charge >= 0.3 is 0 Å². The lowest BCUT2D eigenvalue weighted by Crippen LogP contribution is -2.16. The minimum absolute atomic E-state index is 0.0853. The van der Waals surface area contributed by atoms with Gasteiger partial charge < -0.3 is 13.7 Å². The number of rotatable bonds is 8. The van der Waals surface area contributed by atoms with Gasteiger partial charge in [-0.2, -0.15) is 0 Å². The van der Waals surface area contributed by atoms with Gasteiger partial charge in [0.2, 0.25) is 5.95 Å². The van der Waals surface area contributed by atoms with Gasteiger partial charge in [0, 0.05) is 120 Å². The van der Waals surface area contributed by atoms with Crippen LogP contribution in [0.1, 0.15) is 49.9 Å². The van der Waals surface area contributed by atoms with E-state index in [0.29, 0.717) is 5.95 Å². The van der Waals surface area contributed by atoms with E-state index in [9.17, 15) is 0 Å². The molecule has 21 aromatic carbocycles. The molecule has 0 saturated heterocycles. The average molecular weight is 1890 g/mol. The topological polar surface area (TPSA) is 84.2 Å². The van der Waals surface area contributed by atoms with E-state index in [2.05, 4.69) is 452 Å². The molecule has 688 valence electrons. The van der Waals surface area contributed by atoms with Gasteiger partial charge in [-0.1, -0.05) is 361 Å². The van der Waals surface area contributed by atoms with E-state index >= 15 is 0 Å². The van der Waals surface area contributed by atoms with Crippen molar-refractivity contribution in [2.45, 2.75) is 38.5 Å². The lowest BCUT2D eigenvalue weighted by molar-refractivity contribution is 0.660. The second-order valence-corrected chi connectivity index (χ2v) is 41.4. The molecule has 10 heteroatoms. The molecule has 0 saturated carbocycles. The van der Waals surface area contributed by atoms with E-state index in [1.54, 1.807) is 0 Å². The first-order valence-electron chi connectivity index (χ1n) is 50.6. The van der Waals surface area contributed by atoms with E-state index in [-0.39, 0.29) is 10.8 Å². The lowest BCUT2D eigenvalue weighted by atomic mass is 9.78. The second kappa shape index (κ2) is 32.5. The van der Waals surface area contributed by atoms with Gasteiger partial charge in [0.1, 0.15) is 0 Å². The van der Waals surface area contributed by atoms with Crippen LogP contribution in [0.2, 0.25) is 0 Å². The first-order chi connectivity index (χ1) is 72.4. The van der Waals surface area contributed by atoms with E-state index in [0.717, 1.165) is 67.5 Å². The maximum atomic E-state index is 5.27. The highest BCUT2D eigenvalue weighted by Gasteiger charge is 2.43. The molecule has 32 rings (SSSR count). The molecule has 0 aliphatic heterocycles. The Hall–Kier alpha value is -18.6. The number of thiophene rings is 1. The summed E-state index contributed by atoms with van der Waals surface area (Å²) in [4.78, 5) is 25.2. The molecule has 0 fully saturated rings. The van der Waals surface area contributed by atoms with Crippen LogP contribution in [0.3, 0.4) is 0 Å². The zero-order valence-corrected chi connectivity index (χ0v) is 81.7. The van der Waals surface area contributed by atoms with Crippen LogP contribution in [0.5, 0.6) is 0 Å². The van der Waals surface area contributed by atoms with E-state index in [1.165, 1.54) is 222 Å². The number of fused-ring (bicyclic) bond motifs is 37. The number of hydrogen-bond donors (Lipinski definition) is 0. The van der Waals surface area contributed by atoms with Gasteiger partial charge in [0.25, 0.3) is 0 Å². The van der Waals surface area contributed by atoms with Crippen molar-refractivity contribution >= 4 is 194 Å². The number of aromatic nitrogens is 9. The minimum Gasteiger partial charge on any atom is -0.309 e. The molecule has 9 heterocycles. The summed E-state index contributed by atoms with van der Waals surface area (Å²) in [5.41, 5.74) is 30.7. The summed E-state index contributed by atoms with van der Waals surface area (Å²) in [5, 5.41) is 30.4. The maximum absolute atomic E-state index is 5.27. The molecule has 0 amide bonds. The molecule has 0 radical (unpaired) electrons. The number of hydrogen-bond acceptors (Lipinski definition) is 6. The molecule has 147 heavy (non-hydrogen) atoms. The smallest absolute Gasteiger partial charge is 0.235 e. The molecular weight excluding hydrogens is 1800 g/mol. The summed E-state index contributed by atoms with van der Waals surface area (Å²) < 4.78 is 12.4. The van der Waals surface area contributed by atoms with Crippen LogP contribution < -0.4 is 0 Å². The molecule has 0 unspecified atom stereocenters. The van der Waals surface area contributed by atoms with Crippen molar-refractivity contribution in [3.63, 3.8) is 0 Å². The summed E-state index contributed by atoms with van der Waals surface area (Å²) in [6.45, 7) is 9.59. The van der Waals surface area contributed by atoms with Gasteiger partial charge in [0.15, 0.2) is 0 Å². The average Bonchev–Trinajstić information content (AvgIpc) is 1.50. The van der Waals surface area contributed by atoms with Crippen molar-refractivity contribution in [2.24, 2.45) is 0 Å². The predicted octanol–water partition coefficient (Wildman–Crippen LogP) is 36.1. The van der Waals surface area contributed by atoms with Crippen molar-refractivity contribution < 1.29 is 0 Å². The summed E-state index contributed by atoms with van der Waals surface area (Å²) >= 11 is 1.88. The Balaban J connectivity index is 0.000000102. The summed E-state index contributed by atoms with van der Waals surface area (Å²) in [7, 11) is 0. The fraction of sp³-hybridized carbons (Fsp3) is 0.0438. The van der Waals surface area contributed by atoms with Gasteiger partial charge in [-0.05, 0) is 230 Å². The van der Waals surface area contributed by atoms with Crippen LogP contribution in [0.25, 0.3) is 273 Å². The SMILES string of the molecule is CC1(C)c2c(ccc3ccccc23)-c2c1c1c3cc4ccccc4cc3n(-c3cc(-c4ccccn4)nc(-c4ccccn4)c3)c1c1ccccc21.CC1(C)c2ccccc2-c2ccc(-n3c4ccc5c(c6c7ccccc7ccc6n5-c5ccccc5)c4c4ccc5ccccc5c43)cc21.c1ccc(-c2cc(-c3ccccc3)nc(-n3c4ccc5ccccc5c4c4c5sc6cc7ccccc7cc6c5ccc43)n2)cc1. The Kier molecular flexibility index (Phi) is 18.6. The highest BCUT2D eigenvalue weighted by atomic mass is 32.1. The van der Waals surface area contributed by atoms with E-state index in [1.807, 2.05) is 72.3 Å². The van der Waals surface area contributed by atoms with Crippen LogP contribution in [0.15, 0.2) is 467 Å². The lowest BCUT2D eigenvalue weighted by Gasteiger charge is -2.25. The number of pyridine rings is 3. The maximum Gasteiger partial charge on any atom is 0.235 e. The van der Waals surface area contributed by atoms with Gasteiger partial charge in [-0.15, -0.1) is 11.3 Å². The summed E-state index contributed by atoms with van der Waals surface area (Å²) in [5.74, 6) is 0.668. The number of nitrogens with zero attached hydrogens (tertiary/aromatic N) is 9. The highest BCUT2D eigenvalue weighted by molar-refractivity contribution is 7.27. The quantitative estimate of drug-likeness (QED) is 0.151. The molecule has 0 N–H and O–H groups in total. The Labute approximate surface area is 849 Å². The van der Waals surface area contributed by atoms with Gasteiger partial charge in [-0.3, -0.25) is 14.5 Å². The van der Waals surface area contributed by atoms with Crippen LogP contribution >= 0.6 is 11.3 Å². The van der Waals surface area contributed by atoms with Crippen LogP contribution in [-0.4, -0.2) is 43.2 Å². The Morgan fingerprint density at radius 2 is 0.673 bits per heavy atom. The van der Waals surface area contributed by atoms with Crippen molar-refractivity contribution in [1.29, 1.82) is 0 Å². The third-order valence-electron chi connectivity index (χ3n) is 31.6. The zero-order valence-electron chi connectivity index (χ0n) is 80.9. The van der Waals surface area contributed by atoms with Gasteiger partial charge in [0.05, 0.1) is 84.0 Å². The normalized spacial score (nSPS) is 13.0. The molecule has 0 bridgehead atoms. The third-order valence-corrected chi connectivity index (χ3v) is 32.8. The van der Waals surface area contributed by atoms with E-state index < -0.39 is 0 Å². The van der Waals surface area contributed by atoms with Crippen molar-refractivity contribution in [2.75, 3.05) is 0 Å². The van der Waals surface area contributed by atoms with Crippen molar-refractivity contribution in [3.05, 3.63) is 490 Å². The predicted molar refractivity (Wildman–Crippen MR) is 618 cm³/mol. The summed E-state index contributed by atoms with van der Waals surface area (Å²) in [6.07, 6.45) is 3.66. The van der Waals surface area contributed by atoms with Gasteiger partial charge in [-0.25, -0.2) is 15.0 Å². The Morgan fingerprint density at radius 3 is 1.32 bits per heavy atom. The van der Waals surface area contributed by atoms with Crippen molar-refractivity contribution in [1.82, 2.24) is 43.2 Å². The van der Waals surface area contributed by atoms with E-state index in [4.69, 9.17) is 24.9 Å². The molecule has 9 aromatic heterocycles. The standard InChI is InChI=1S/C48H32N4.C47H32N2.C42H25N3S/c1-48(2)45-33-16-6-5-13-29(33)21-22-36(45)43-34-17-7-8-18-35(34)47-44(46(43)48)37-25-30-14-3-4-15-31(30)26-42(37)52(47)32-27-40(38-19-9-11-23-49-38)51-41(28-32)39-20-10-12-24-50-39;1-47(2)38-19-11-10-18-35(38)36-24-22-32(28-39(36)47)49-41-26-27-42-45(44(41)37-23-20-30-13-7-9-17-34(30)46(37)49)43-33-16-8-6-12-29(33)21-25-40(43)48(42)31-14-4-3-5-15-31;1-3-12-27(13-4-1)34-25-35(28-14-5-2-6-15-28)44-42(43-34)45-36-21-19-26-11-9-10-18-31(26)39(36)40-37(45)22-20-32-33-23-29-16-7-8-17-30(29)24-38(33)46-41(32)40/h3-28H,1-2H3;3-28H,1-2H3;1-25H. The highest BCUT2D eigenvalue weighted by Crippen LogP contribution is 2.60. The van der Waals surface area contributed by atoms with Crippen LogP contribution in [-0.2, 0) is 10.8 Å². The third kappa shape index (κ3) is 12.7.